The number of carbonyl (C=O) groups is 2. The molecule has 0 bridgehead atoms. The molecule has 1 atom stereocenters. The van der Waals surface area contributed by atoms with Gasteiger partial charge in [-0.05, 0) is 6.42 Å². The molecule has 1 aromatic heterocycles. The standard InChI is InChI=1S/C9H13N3O6S/c1-18-8(13)3-2-7(9(14)15)12-19(16,17)6-4-10-11-5-6/h4-5,7,12H,2-3H2,1H3,(H,10,11)(H,14,15). The quantitative estimate of drug-likeness (QED) is 0.553. The van der Waals surface area contributed by atoms with Crippen LogP contribution in [-0.4, -0.2) is 48.8 Å². The molecule has 0 amide bonds. The molecule has 0 aliphatic carbocycles. The van der Waals surface area contributed by atoms with Crippen LogP contribution in [-0.2, 0) is 24.3 Å². The number of ether oxygens (including phenoxy) is 1. The van der Waals surface area contributed by atoms with Gasteiger partial charge in [-0.3, -0.25) is 14.7 Å². The third kappa shape index (κ3) is 4.34. The Kier molecular flexibility index (Phi) is 5.01. The molecule has 1 heterocycles. The Balaban J connectivity index is 2.74. The summed E-state index contributed by atoms with van der Waals surface area (Å²) in [6, 6.07) is -1.42. The monoisotopic (exact) mass is 291 g/mol. The first-order chi connectivity index (χ1) is 8.86. The molecular weight excluding hydrogens is 278 g/mol. The van der Waals surface area contributed by atoms with Gasteiger partial charge in [0.1, 0.15) is 10.9 Å². The maximum atomic E-state index is 11.8. The summed E-state index contributed by atoms with van der Waals surface area (Å²) in [6.07, 6.45) is 1.74. The summed E-state index contributed by atoms with van der Waals surface area (Å²) < 4.78 is 29.9. The zero-order valence-corrected chi connectivity index (χ0v) is 10.8. The van der Waals surface area contributed by atoms with Gasteiger partial charge >= 0.3 is 11.9 Å². The highest BCUT2D eigenvalue weighted by atomic mass is 32.2. The minimum absolute atomic E-state index is 0.184. The lowest BCUT2D eigenvalue weighted by molar-refractivity contribution is -0.142. The molecule has 0 saturated heterocycles. The molecule has 3 N–H and O–H groups in total. The zero-order valence-electron chi connectivity index (χ0n) is 9.99. The minimum Gasteiger partial charge on any atom is -0.480 e. The minimum atomic E-state index is -3.99. The molecule has 0 aromatic carbocycles. The Hall–Kier alpha value is -1.94. The molecular formula is C9H13N3O6S. The summed E-state index contributed by atoms with van der Waals surface area (Å²) in [6.45, 7) is 0. The molecule has 0 radical (unpaired) electrons. The van der Waals surface area contributed by atoms with E-state index < -0.39 is 28.0 Å². The summed E-state index contributed by atoms with van der Waals surface area (Å²) in [7, 11) is -2.83. The molecule has 0 aliphatic rings. The highest BCUT2D eigenvalue weighted by molar-refractivity contribution is 7.89. The normalized spacial score (nSPS) is 12.9. The number of esters is 1. The smallest absolute Gasteiger partial charge is 0.321 e. The Morgan fingerprint density at radius 3 is 2.74 bits per heavy atom. The van der Waals surface area contributed by atoms with Crippen molar-refractivity contribution in [1.82, 2.24) is 14.9 Å². The second-order valence-electron chi connectivity index (χ2n) is 3.56. The number of H-pyrrole nitrogens is 1. The van der Waals surface area contributed by atoms with Gasteiger partial charge in [0.2, 0.25) is 10.0 Å². The fraction of sp³-hybridized carbons (Fsp3) is 0.444. The third-order valence-corrected chi connectivity index (χ3v) is 3.68. The molecule has 1 rings (SSSR count). The second kappa shape index (κ2) is 6.29. The average molecular weight is 291 g/mol. The van der Waals surface area contributed by atoms with Crippen LogP contribution in [0.3, 0.4) is 0 Å². The lowest BCUT2D eigenvalue weighted by Gasteiger charge is -2.13. The predicted octanol–water partition coefficient (Wildman–Crippen LogP) is -0.906. The van der Waals surface area contributed by atoms with Crippen LogP contribution in [0.4, 0.5) is 0 Å². The van der Waals surface area contributed by atoms with Crippen LogP contribution < -0.4 is 4.72 Å². The molecule has 0 aliphatic heterocycles. The highest BCUT2D eigenvalue weighted by Gasteiger charge is 2.26. The summed E-state index contributed by atoms with van der Waals surface area (Å²) in [5.41, 5.74) is 0. The van der Waals surface area contributed by atoms with E-state index in [9.17, 15) is 18.0 Å². The van der Waals surface area contributed by atoms with E-state index in [1.54, 1.807) is 0 Å². The summed E-state index contributed by atoms with van der Waals surface area (Å²) in [5, 5.41) is 14.7. The molecule has 0 spiro atoms. The number of methoxy groups -OCH3 is 1. The van der Waals surface area contributed by atoms with E-state index >= 15 is 0 Å². The number of nitrogens with zero attached hydrogens (tertiary/aromatic N) is 1. The van der Waals surface area contributed by atoms with E-state index in [1.807, 2.05) is 4.72 Å². The van der Waals surface area contributed by atoms with Crippen molar-refractivity contribution >= 4 is 22.0 Å². The number of rotatable bonds is 7. The van der Waals surface area contributed by atoms with Gasteiger partial charge in [-0.25, -0.2) is 8.42 Å². The van der Waals surface area contributed by atoms with Crippen molar-refractivity contribution in [3.8, 4) is 0 Å². The fourth-order valence-electron chi connectivity index (χ4n) is 1.24. The van der Waals surface area contributed by atoms with Gasteiger partial charge in [-0.15, -0.1) is 0 Å². The number of aromatic nitrogens is 2. The molecule has 0 fully saturated rings. The number of nitrogens with one attached hydrogen (secondary N) is 2. The van der Waals surface area contributed by atoms with Crippen LogP contribution in [0.25, 0.3) is 0 Å². The van der Waals surface area contributed by atoms with Crippen LogP contribution in [0.5, 0.6) is 0 Å². The largest absolute Gasteiger partial charge is 0.480 e. The maximum Gasteiger partial charge on any atom is 0.321 e. The van der Waals surface area contributed by atoms with Gasteiger partial charge in [0.05, 0.1) is 13.3 Å². The molecule has 9 nitrogen and oxygen atoms in total. The predicted molar refractivity (Wildman–Crippen MR) is 61.6 cm³/mol. The number of aliphatic carboxylic acids is 1. The van der Waals surface area contributed by atoms with Gasteiger partial charge in [-0.2, -0.15) is 9.82 Å². The lowest BCUT2D eigenvalue weighted by atomic mass is 10.2. The molecule has 10 heteroatoms. The lowest BCUT2D eigenvalue weighted by Crippen LogP contribution is -2.40. The van der Waals surface area contributed by atoms with Gasteiger partial charge < -0.3 is 9.84 Å². The number of carboxylic acid groups (broad SMARTS) is 1. The van der Waals surface area contributed by atoms with Gasteiger partial charge in [-0.1, -0.05) is 0 Å². The first-order valence-electron chi connectivity index (χ1n) is 5.17. The van der Waals surface area contributed by atoms with Crippen molar-refractivity contribution in [2.24, 2.45) is 0 Å². The van der Waals surface area contributed by atoms with E-state index in [4.69, 9.17) is 5.11 Å². The SMILES string of the molecule is COC(=O)CCC(NS(=O)(=O)c1cn[nH]c1)C(=O)O. The average Bonchev–Trinajstić information content (AvgIpc) is 2.88. The van der Waals surface area contributed by atoms with E-state index in [0.717, 1.165) is 19.5 Å². The summed E-state index contributed by atoms with van der Waals surface area (Å²) >= 11 is 0. The van der Waals surface area contributed by atoms with Crippen molar-refractivity contribution in [2.75, 3.05) is 7.11 Å². The summed E-state index contributed by atoms with van der Waals surface area (Å²) in [5.74, 6) is -2.00. The number of sulfonamides is 1. The first-order valence-corrected chi connectivity index (χ1v) is 6.66. The van der Waals surface area contributed by atoms with Crippen LogP contribution >= 0.6 is 0 Å². The van der Waals surface area contributed by atoms with Crippen LogP contribution in [0.2, 0.25) is 0 Å². The Bertz CT molecular complexity index is 538. The molecule has 1 unspecified atom stereocenters. The van der Waals surface area contributed by atoms with E-state index in [1.165, 1.54) is 0 Å². The van der Waals surface area contributed by atoms with Gasteiger partial charge in [0.15, 0.2) is 0 Å². The highest BCUT2D eigenvalue weighted by Crippen LogP contribution is 2.08. The first kappa shape index (κ1) is 15.1. The number of carbonyl (C=O) groups excluding carboxylic acids is 1. The van der Waals surface area contributed by atoms with Gasteiger partial charge in [0.25, 0.3) is 0 Å². The summed E-state index contributed by atoms with van der Waals surface area (Å²) in [4.78, 5) is 21.7. The van der Waals surface area contributed by atoms with Crippen molar-refractivity contribution < 1.29 is 27.9 Å². The topological polar surface area (TPSA) is 138 Å². The Morgan fingerprint density at radius 1 is 1.58 bits per heavy atom. The van der Waals surface area contributed by atoms with Crippen molar-refractivity contribution in [2.45, 2.75) is 23.8 Å². The second-order valence-corrected chi connectivity index (χ2v) is 5.27. The van der Waals surface area contributed by atoms with Crippen LogP contribution in [0.15, 0.2) is 17.3 Å². The number of carboxylic acids is 1. The Labute approximate surface area is 109 Å². The Morgan fingerprint density at radius 2 is 2.26 bits per heavy atom. The third-order valence-electron chi connectivity index (χ3n) is 2.24. The number of hydrogen-bond acceptors (Lipinski definition) is 6. The fourth-order valence-corrected chi connectivity index (χ4v) is 2.37. The zero-order chi connectivity index (χ0) is 14.5. The van der Waals surface area contributed by atoms with E-state index in [0.29, 0.717) is 0 Å². The molecule has 19 heavy (non-hydrogen) atoms. The number of hydrogen-bond donors (Lipinski definition) is 3. The molecule has 106 valence electrons. The number of aromatic amines is 1. The van der Waals surface area contributed by atoms with E-state index in [-0.39, 0.29) is 17.7 Å². The maximum absolute atomic E-state index is 11.8. The van der Waals surface area contributed by atoms with Crippen molar-refractivity contribution in [3.63, 3.8) is 0 Å². The van der Waals surface area contributed by atoms with Crippen molar-refractivity contribution in [1.29, 1.82) is 0 Å². The van der Waals surface area contributed by atoms with Crippen LogP contribution in [0, 0.1) is 0 Å². The van der Waals surface area contributed by atoms with Crippen molar-refractivity contribution in [3.05, 3.63) is 12.4 Å². The molecule has 0 saturated carbocycles. The van der Waals surface area contributed by atoms with Gasteiger partial charge in [0, 0.05) is 12.6 Å². The van der Waals surface area contributed by atoms with E-state index in [2.05, 4.69) is 14.9 Å². The molecule has 1 aromatic rings. The van der Waals surface area contributed by atoms with Crippen LogP contribution in [0.1, 0.15) is 12.8 Å².